The van der Waals surface area contributed by atoms with Crippen LogP contribution in [0.25, 0.3) is 0 Å². The molecule has 8 nitrogen and oxygen atoms in total. The van der Waals surface area contributed by atoms with Crippen LogP contribution >= 0.6 is 0 Å². The molecule has 0 bridgehead atoms. The number of hydrogen-bond donors (Lipinski definition) is 2. The zero-order valence-corrected chi connectivity index (χ0v) is 15.1. The lowest BCUT2D eigenvalue weighted by atomic mass is 10.1. The van der Waals surface area contributed by atoms with Crippen molar-refractivity contribution in [2.45, 2.75) is 6.04 Å². The number of rotatable bonds is 6. The molecule has 0 aromatic heterocycles. The molecule has 2 N–H and O–H groups in total. The van der Waals surface area contributed by atoms with Crippen molar-refractivity contribution in [1.29, 1.82) is 0 Å². The molecule has 144 valence electrons. The predicted molar refractivity (Wildman–Crippen MR) is 100 cm³/mol. The third kappa shape index (κ3) is 3.69. The molecule has 3 aliphatic heterocycles. The van der Waals surface area contributed by atoms with Crippen molar-refractivity contribution < 1.29 is 19.4 Å². The van der Waals surface area contributed by atoms with Crippen LogP contribution in [0.4, 0.5) is 11.4 Å². The molecule has 4 rings (SSSR count). The number of piperazine rings is 1. The minimum absolute atomic E-state index is 0.0112. The Morgan fingerprint density at radius 1 is 1.07 bits per heavy atom. The zero-order valence-electron chi connectivity index (χ0n) is 15.1. The average molecular weight is 372 g/mol. The predicted octanol–water partition coefficient (Wildman–Crippen LogP) is -0.136. The first-order chi connectivity index (χ1) is 13.2. The van der Waals surface area contributed by atoms with Gasteiger partial charge in [-0.15, -0.1) is 0 Å². The summed E-state index contributed by atoms with van der Waals surface area (Å²) in [6.07, 6.45) is 1.27. The van der Waals surface area contributed by atoms with Crippen LogP contribution in [0, 0.1) is 0 Å². The van der Waals surface area contributed by atoms with E-state index >= 15 is 0 Å². The Labute approximate surface area is 158 Å². The van der Waals surface area contributed by atoms with Gasteiger partial charge in [-0.2, -0.15) is 0 Å². The summed E-state index contributed by atoms with van der Waals surface area (Å²) in [6.45, 7) is 5.53. The molecule has 0 aliphatic carbocycles. The number of benzene rings is 1. The highest BCUT2D eigenvalue weighted by Crippen LogP contribution is 2.23. The Morgan fingerprint density at radius 3 is 2.37 bits per heavy atom. The van der Waals surface area contributed by atoms with E-state index < -0.39 is 11.8 Å². The van der Waals surface area contributed by atoms with Crippen LogP contribution in [0.5, 0.6) is 0 Å². The van der Waals surface area contributed by atoms with Gasteiger partial charge in [0.1, 0.15) is 5.70 Å². The number of aliphatic hydroxyl groups excluding tert-OH is 1. The largest absolute Gasteiger partial charge is 0.395 e. The molecular weight excluding hydrogens is 348 g/mol. The van der Waals surface area contributed by atoms with Gasteiger partial charge in [-0.1, -0.05) is 0 Å². The number of imide groups is 1. The van der Waals surface area contributed by atoms with Gasteiger partial charge < -0.3 is 20.1 Å². The smallest absolute Gasteiger partial charge is 0.277 e. The third-order valence-electron chi connectivity index (χ3n) is 5.30. The summed E-state index contributed by atoms with van der Waals surface area (Å²) in [5, 5.41) is 12.0. The Kier molecular flexibility index (Phi) is 5.11. The fraction of sp³-hybridized carbons (Fsp3) is 0.474. The molecule has 3 heterocycles. The van der Waals surface area contributed by atoms with Crippen molar-refractivity contribution in [2.75, 3.05) is 62.8 Å². The minimum Gasteiger partial charge on any atom is -0.395 e. The molecular formula is C19H24N4O4. The normalized spacial score (nSPS) is 21.4. The number of anilines is 2. The summed E-state index contributed by atoms with van der Waals surface area (Å²) in [5.41, 5.74) is 2.13. The molecule has 0 radical (unpaired) electrons. The van der Waals surface area contributed by atoms with Gasteiger partial charge in [0.15, 0.2) is 0 Å². The number of aliphatic hydroxyl groups is 1. The van der Waals surface area contributed by atoms with Crippen LogP contribution in [0.2, 0.25) is 0 Å². The Morgan fingerprint density at radius 2 is 1.78 bits per heavy atom. The van der Waals surface area contributed by atoms with Gasteiger partial charge in [-0.3, -0.25) is 19.4 Å². The molecule has 2 amide bonds. The van der Waals surface area contributed by atoms with E-state index in [1.165, 1.54) is 6.08 Å². The van der Waals surface area contributed by atoms with Crippen molar-refractivity contribution >= 4 is 23.2 Å². The van der Waals surface area contributed by atoms with E-state index in [4.69, 9.17) is 9.84 Å². The van der Waals surface area contributed by atoms with Crippen molar-refractivity contribution in [3.8, 4) is 0 Å². The van der Waals surface area contributed by atoms with E-state index in [2.05, 4.69) is 15.1 Å². The maximum Gasteiger partial charge on any atom is 0.277 e. The van der Waals surface area contributed by atoms with E-state index in [-0.39, 0.29) is 18.8 Å². The topological polar surface area (TPSA) is 85.4 Å². The first-order valence-electron chi connectivity index (χ1n) is 9.28. The number of amides is 2. The SMILES string of the molecule is O=C1C=C(Nc2ccc(N3CCN(C4COC4)CC3)cc2)C(=O)N1CCO. The van der Waals surface area contributed by atoms with Crippen molar-refractivity contribution in [1.82, 2.24) is 9.80 Å². The lowest BCUT2D eigenvalue weighted by molar-refractivity contribution is -0.137. The number of β-amino-alcohol motifs (C(OH)–C–C–N with tert-alkyl or cyclic N) is 1. The number of hydrogen-bond acceptors (Lipinski definition) is 7. The second kappa shape index (κ2) is 7.67. The van der Waals surface area contributed by atoms with Crippen LogP contribution in [0.1, 0.15) is 0 Å². The molecule has 1 aromatic rings. The van der Waals surface area contributed by atoms with Crippen molar-refractivity contribution in [3.63, 3.8) is 0 Å². The summed E-state index contributed by atoms with van der Waals surface area (Å²) in [6, 6.07) is 8.46. The Bertz CT molecular complexity index is 737. The Balaban J connectivity index is 1.34. The second-order valence-corrected chi connectivity index (χ2v) is 6.96. The molecule has 8 heteroatoms. The number of nitrogens with one attached hydrogen (secondary N) is 1. The molecule has 2 fully saturated rings. The molecule has 0 atom stereocenters. The van der Waals surface area contributed by atoms with Gasteiger partial charge in [0.05, 0.1) is 32.4 Å². The van der Waals surface area contributed by atoms with Gasteiger partial charge in [-0.05, 0) is 24.3 Å². The van der Waals surface area contributed by atoms with E-state index in [0.717, 1.165) is 55.7 Å². The van der Waals surface area contributed by atoms with Gasteiger partial charge in [-0.25, -0.2) is 0 Å². The number of nitrogens with zero attached hydrogens (tertiary/aromatic N) is 3. The molecule has 27 heavy (non-hydrogen) atoms. The zero-order chi connectivity index (χ0) is 18.8. The van der Waals surface area contributed by atoms with E-state index in [1.807, 2.05) is 24.3 Å². The highest BCUT2D eigenvalue weighted by Gasteiger charge is 2.31. The number of carbonyl (C=O) groups excluding carboxylic acids is 2. The van der Waals surface area contributed by atoms with E-state index in [9.17, 15) is 9.59 Å². The summed E-state index contributed by atoms with van der Waals surface area (Å²) >= 11 is 0. The minimum atomic E-state index is -0.408. The number of carbonyl (C=O) groups is 2. The quantitative estimate of drug-likeness (QED) is 0.673. The van der Waals surface area contributed by atoms with Crippen LogP contribution in [-0.2, 0) is 14.3 Å². The second-order valence-electron chi connectivity index (χ2n) is 6.96. The van der Waals surface area contributed by atoms with E-state index in [0.29, 0.717) is 6.04 Å². The molecule has 0 unspecified atom stereocenters. The van der Waals surface area contributed by atoms with E-state index in [1.54, 1.807) is 0 Å². The highest BCUT2D eigenvalue weighted by molar-refractivity contribution is 6.17. The summed E-state index contributed by atoms with van der Waals surface area (Å²) in [7, 11) is 0. The Hall–Kier alpha value is -2.42. The highest BCUT2D eigenvalue weighted by atomic mass is 16.5. The maximum absolute atomic E-state index is 12.2. The molecule has 2 saturated heterocycles. The lowest BCUT2D eigenvalue weighted by Gasteiger charge is -2.43. The maximum atomic E-state index is 12.2. The standard InChI is InChI=1S/C19H24N4O4/c24-10-9-23-18(25)11-17(19(23)26)20-14-1-3-15(4-2-14)21-5-7-22(8-6-21)16-12-27-13-16/h1-4,11,16,20,24H,5-10,12-13H2. The summed E-state index contributed by atoms with van der Waals surface area (Å²) in [5.74, 6) is -0.808. The third-order valence-corrected chi connectivity index (χ3v) is 5.30. The van der Waals surface area contributed by atoms with Crippen molar-refractivity contribution in [2.24, 2.45) is 0 Å². The van der Waals surface area contributed by atoms with Gasteiger partial charge in [0, 0.05) is 43.6 Å². The fourth-order valence-corrected chi connectivity index (χ4v) is 3.60. The molecule has 0 spiro atoms. The van der Waals surface area contributed by atoms with Crippen molar-refractivity contribution in [3.05, 3.63) is 36.0 Å². The average Bonchev–Trinajstić information content (AvgIpc) is 2.90. The molecule has 0 saturated carbocycles. The molecule has 1 aromatic carbocycles. The van der Waals surface area contributed by atoms with Gasteiger partial charge in [0.25, 0.3) is 11.8 Å². The van der Waals surface area contributed by atoms with Gasteiger partial charge in [0.2, 0.25) is 0 Å². The summed E-state index contributed by atoms with van der Waals surface area (Å²) < 4.78 is 5.27. The van der Waals surface area contributed by atoms with Crippen LogP contribution < -0.4 is 10.2 Å². The van der Waals surface area contributed by atoms with Crippen LogP contribution in [-0.4, -0.2) is 85.3 Å². The van der Waals surface area contributed by atoms with Crippen LogP contribution in [0.15, 0.2) is 36.0 Å². The first kappa shape index (κ1) is 18.0. The monoisotopic (exact) mass is 372 g/mol. The molecule has 3 aliphatic rings. The number of ether oxygens (including phenoxy) is 1. The summed E-state index contributed by atoms with van der Waals surface area (Å²) in [4.78, 5) is 29.9. The van der Waals surface area contributed by atoms with Crippen LogP contribution in [0.3, 0.4) is 0 Å². The lowest BCUT2D eigenvalue weighted by Crippen LogP contribution is -2.56. The first-order valence-corrected chi connectivity index (χ1v) is 9.28. The fourth-order valence-electron chi connectivity index (χ4n) is 3.60. The van der Waals surface area contributed by atoms with Gasteiger partial charge >= 0.3 is 0 Å².